The van der Waals surface area contributed by atoms with Crippen LogP contribution in [0.25, 0.3) is 31.3 Å². The predicted octanol–water partition coefficient (Wildman–Crippen LogP) is 11.4. The van der Waals surface area contributed by atoms with E-state index in [1.807, 2.05) is 48.5 Å². The van der Waals surface area contributed by atoms with Crippen molar-refractivity contribution in [3.63, 3.8) is 0 Å². The summed E-state index contributed by atoms with van der Waals surface area (Å²) in [6.07, 6.45) is -9.23. The molecule has 0 N–H and O–H groups in total. The molecule has 0 unspecified atom stereocenters. The van der Waals surface area contributed by atoms with Gasteiger partial charge in [0.1, 0.15) is 5.69 Å². The molecule has 0 atom stereocenters. The van der Waals surface area contributed by atoms with E-state index in [0.717, 1.165) is 50.2 Å². The standard InChI is InChI=1S/C32H15F6NO2S/c33-31(34,35)18-7-10-21-23(13-18)40-25-15-27-28(20-9-6-17(12-26(20)42-27)16-4-2-1-3-5-16)30-29(25)39(21)22-11-8-19(32(36,37)38)14-24(22)41-30/h1-15H. The molecular formula is C32H15F6NO2S. The molecule has 5 aromatic carbocycles. The minimum Gasteiger partial charge on any atom is -0.453 e. The largest absolute Gasteiger partial charge is 0.453 e. The Morgan fingerprint density at radius 2 is 1.21 bits per heavy atom. The van der Waals surface area contributed by atoms with Gasteiger partial charge in [-0.1, -0.05) is 42.5 Å². The summed E-state index contributed by atoms with van der Waals surface area (Å²) in [5.74, 6) is 0.384. The lowest BCUT2D eigenvalue weighted by Gasteiger charge is -2.38. The smallest absolute Gasteiger partial charge is 0.416 e. The van der Waals surface area contributed by atoms with Gasteiger partial charge in [0, 0.05) is 26.2 Å². The van der Waals surface area contributed by atoms with E-state index < -0.39 is 23.5 Å². The van der Waals surface area contributed by atoms with Gasteiger partial charge in [-0.25, -0.2) is 0 Å². The maximum Gasteiger partial charge on any atom is 0.416 e. The number of thiophene rings is 1. The molecule has 0 aliphatic carbocycles. The van der Waals surface area contributed by atoms with Crippen LogP contribution in [0.15, 0.2) is 91.0 Å². The van der Waals surface area contributed by atoms with Gasteiger partial charge in [0.25, 0.3) is 0 Å². The third-order valence-electron chi connectivity index (χ3n) is 7.47. The second kappa shape index (κ2) is 8.42. The zero-order chi connectivity index (χ0) is 29.0. The monoisotopic (exact) mass is 591 g/mol. The average Bonchev–Trinajstić information content (AvgIpc) is 3.33. The number of anilines is 3. The van der Waals surface area contributed by atoms with Crippen molar-refractivity contribution in [2.75, 3.05) is 4.90 Å². The predicted molar refractivity (Wildman–Crippen MR) is 150 cm³/mol. The van der Waals surface area contributed by atoms with Crippen LogP contribution in [-0.4, -0.2) is 0 Å². The van der Waals surface area contributed by atoms with Crippen LogP contribution in [0.1, 0.15) is 11.1 Å². The van der Waals surface area contributed by atoms with E-state index in [0.29, 0.717) is 11.1 Å². The summed E-state index contributed by atoms with van der Waals surface area (Å²) in [5.41, 5.74) is 1.13. The molecular weight excluding hydrogens is 576 g/mol. The third-order valence-corrected chi connectivity index (χ3v) is 8.57. The van der Waals surface area contributed by atoms with Crippen molar-refractivity contribution in [3.05, 3.63) is 102 Å². The molecule has 2 aliphatic rings. The fraction of sp³-hybridized carbons (Fsp3) is 0.0625. The summed E-state index contributed by atoms with van der Waals surface area (Å²) in [4.78, 5) is 1.62. The van der Waals surface area contributed by atoms with E-state index in [2.05, 4.69) is 0 Å². The summed E-state index contributed by atoms with van der Waals surface area (Å²) in [6.45, 7) is 0. The molecule has 0 bridgehead atoms. The van der Waals surface area contributed by atoms with Crippen LogP contribution in [0, 0.1) is 0 Å². The maximum absolute atomic E-state index is 13.7. The first kappa shape index (κ1) is 25.0. The SMILES string of the molecule is FC(F)(F)c1ccc2c(c1)Oc1cc3sc4cc(-c5ccccc5)ccc4c3c3c1N2c1ccc(C(F)(F)F)cc1O3. The molecule has 0 spiro atoms. The molecule has 10 heteroatoms. The molecule has 3 heterocycles. The van der Waals surface area contributed by atoms with Crippen molar-refractivity contribution in [1.82, 2.24) is 0 Å². The van der Waals surface area contributed by atoms with Crippen LogP contribution < -0.4 is 14.4 Å². The number of benzene rings is 5. The van der Waals surface area contributed by atoms with E-state index in [1.54, 1.807) is 11.0 Å². The van der Waals surface area contributed by atoms with Gasteiger partial charge in [0.15, 0.2) is 23.0 Å². The van der Waals surface area contributed by atoms with E-state index in [-0.39, 0.29) is 34.4 Å². The normalized spacial score (nSPS) is 13.8. The van der Waals surface area contributed by atoms with E-state index in [1.165, 1.54) is 23.5 Å². The highest BCUT2D eigenvalue weighted by Crippen LogP contribution is 2.63. The second-order valence-electron chi connectivity index (χ2n) is 10.0. The highest BCUT2D eigenvalue weighted by molar-refractivity contribution is 7.26. The number of hydrogen-bond donors (Lipinski definition) is 0. The van der Waals surface area contributed by atoms with Gasteiger partial charge >= 0.3 is 12.4 Å². The number of alkyl halides is 6. The highest BCUT2D eigenvalue weighted by atomic mass is 32.1. The summed E-state index contributed by atoms with van der Waals surface area (Å²) < 4.78 is 95.8. The Hall–Kier alpha value is -4.70. The molecule has 2 aliphatic heterocycles. The number of halogens is 6. The lowest BCUT2D eigenvalue weighted by atomic mass is 10.0. The summed E-state index contributed by atoms with van der Waals surface area (Å²) in [7, 11) is 0. The second-order valence-corrected chi connectivity index (χ2v) is 11.1. The molecule has 6 aromatic rings. The van der Waals surface area contributed by atoms with E-state index in [9.17, 15) is 26.3 Å². The number of rotatable bonds is 1. The van der Waals surface area contributed by atoms with Crippen molar-refractivity contribution in [1.29, 1.82) is 0 Å². The van der Waals surface area contributed by atoms with Gasteiger partial charge in [0.05, 0.1) is 22.5 Å². The maximum atomic E-state index is 13.7. The minimum atomic E-state index is -4.62. The van der Waals surface area contributed by atoms with Crippen LogP contribution in [0.4, 0.5) is 43.4 Å². The lowest BCUT2D eigenvalue weighted by molar-refractivity contribution is -0.138. The van der Waals surface area contributed by atoms with Crippen molar-refractivity contribution in [2.24, 2.45) is 0 Å². The molecule has 8 rings (SSSR count). The molecule has 0 saturated heterocycles. The van der Waals surface area contributed by atoms with Crippen LogP contribution in [-0.2, 0) is 12.4 Å². The first-order valence-electron chi connectivity index (χ1n) is 12.7. The Kier molecular flexibility index (Phi) is 5.02. The topological polar surface area (TPSA) is 21.7 Å². The number of nitrogens with zero attached hydrogens (tertiary/aromatic N) is 1. The zero-order valence-corrected chi connectivity index (χ0v) is 21.9. The number of hydrogen-bond acceptors (Lipinski definition) is 4. The van der Waals surface area contributed by atoms with Gasteiger partial charge in [-0.2, -0.15) is 26.3 Å². The van der Waals surface area contributed by atoms with Gasteiger partial charge in [-0.05, 0) is 53.6 Å². The van der Waals surface area contributed by atoms with Crippen molar-refractivity contribution < 1.29 is 35.8 Å². The first-order valence-corrected chi connectivity index (χ1v) is 13.5. The van der Waals surface area contributed by atoms with Gasteiger partial charge in [-0.15, -0.1) is 11.3 Å². The molecule has 0 radical (unpaired) electrons. The first-order chi connectivity index (χ1) is 20.1. The van der Waals surface area contributed by atoms with E-state index >= 15 is 0 Å². The fourth-order valence-electron chi connectivity index (χ4n) is 5.58. The molecule has 0 fully saturated rings. The molecule has 208 valence electrons. The van der Waals surface area contributed by atoms with Gasteiger partial charge in [0.2, 0.25) is 0 Å². The lowest BCUT2D eigenvalue weighted by Crippen LogP contribution is -2.21. The Labute approximate surface area is 237 Å². The van der Waals surface area contributed by atoms with Gasteiger partial charge in [-0.3, -0.25) is 4.90 Å². The Bertz CT molecular complexity index is 2070. The Balaban J connectivity index is 1.40. The van der Waals surface area contributed by atoms with Crippen LogP contribution >= 0.6 is 11.3 Å². The summed E-state index contributed by atoms with van der Waals surface area (Å²) >= 11 is 1.44. The number of ether oxygens (including phenoxy) is 2. The minimum absolute atomic E-state index is 0.0659. The van der Waals surface area contributed by atoms with Crippen molar-refractivity contribution in [3.8, 4) is 34.1 Å². The number of fused-ring (bicyclic) bond motifs is 8. The molecule has 1 aromatic heterocycles. The summed E-state index contributed by atoms with van der Waals surface area (Å²) in [5, 5.41) is 1.52. The summed E-state index contributed by atoms with van der Waals surface area (Å²) in [6, 6.07) is 23.7. The molecule has 3 nitrogen and oxygen atoms in total. The molecule has 42 heavy (non-hydrogen) atoms. The van der Waals surface area contributed by atoms with Crippen LogP contribution in [0.2, 0.25) is 0 Å². The van der Waals surface area contributed by atoms with Gasteiger partial charge < -0.3 is 9.47 Å². The Morgan fingerprint density at radius 3 is 1.86 bits per heavy atom. The van der Waals surface area contributed by atoms with Crippen LogP contribution in [0.3, 0.4) is 0 Å². The quantitative estimate of drug-likeness (QED) is 0.177. The third kappa shape index (κ3) is 3.68. The zero-order valence-electron chi connectivity index (χ0n) is 21.1. The fourth-order valence-corrected chi connectivity index (χ4v) is 6.75. The van der Waals surface area contributed by atoms with Crippen LogP contribution in [0.5, 0.6) is 23.0 Å². The van der Waals surface area contributed by atoms with E-state index in [4.69, 9.17) is 9.47 Å². The highest BCUT2D eigenvalue weighted by Gasteiger charge is 2.40. The molecule has 0 amide bonds. The molecule has 0 saturated carbocycles. The Morgan fingerprint density at radius 1 is 0.571 bits per heavy atom. The van der Waals surface area contributed by atoms with Crippen molar-refractivity contribution >= 4 is 48.6 Å². The van der Waals surface area contributed by atoms with Crippen molar-refractivity contribution in [2.45, 2.75) is 12.4 Å². The average molecular weight is 592 g/mol.